The van der Waals surface area contributed by atoms with Gasteiger partial charge in [-0.15, -0.1) is 0 Å². The van der Waals surface area contributed by atoms with Crippen molar-refractivity contribution in [3.63, 3.8) is 0 Å². The van der Waals surface area contributed by atoms with Gasteiger partial charge in [0, 0.05) is 26.2 Å². The van der Waals surface area contributed by atoms with Crippen molar-refractivity contribution in [1.82, 2.24) is 15.2 Å². The van der Waals surface area contributed by atoms with E-state index >= 15 is 0 Å². The maximum atomic E-state index is 12.9. The Bertz CT molecular complexity index is 685. The van der Waals surface area contributed by atoms with Gasteiger partial charge in [0.25, 0.3) is 0 Å². The summed E-state index contributed by atoms with van der Waals surface area (Å²) >= 11 is 1.29. The van der Waals surface area contributed by atoms with E-state index in [9.17, 15) is 14.4 Å². The summed E-state index contributed by atoms with van der Waals surface area (Å²) in [5.74, 6) is -0.542. The number of rotatable bonds is 7. The molecule has 1 aliphatic heterocycles. The quantitative estimate of drug-likeness (QED) is 0.681. The second-order valence-electron chi connectivity index (χ2n) is 6.63. The minimum absolute atomic E-state index is 0.0546. The molecule has 0 spiro atoms. The summed E-state index contributed by atoms with van der Waals surface area (Å²) in [6.45, 7) is 10.1. The molecule has 1 aromatic heterocycles. The lowest BCUT2D eigenvalue weighted by Gasteiger charge is -2.37. The Labute approximate surface area is 169 Å². The number of hydrogen-bond acceptors (Lipinski definition) is 8. The number of ether oxygens (including phenoxy) is 2. The molecule has 2 rings (SSSR count). The first kappa shape index (κ1) is 21.9. The normalized spacial score (nSPS) is 15.3. The highest BCUT2D eigenvalue weighted by Crippen LogP contribution is 2.24. The van der Waals surface area contributed by atoms with Crippen molar-refractivity contribution in [2.75, 3.05) is 44.3 Å². The molecule has 1 N–H and O–H groups in total. The second-order valence-corrected chi connectivity index (χ2v) is 7.64. The van der Waals surface area contributed by atoms with Crippen LogP contribution in [0.25, 0.3) is 0 Å². The smallest absolute Gasteiger partial charge is 0.407 e. The van der Waals surface area contributed by atoms with Gasteiger partial charge in [0.05, 0.1) is 19.4 Å². The molecule has 0 saturated carbocycles. The van der Waals surface area contributed by atoms with Crippen LogP contribution >= 0.6 is 11.3 Å². The highest BCUT2D eigenvalue weighted by molar-refractivity contribution is 7.17. The molecule has 156 valence electrons. The number of thiazole rings is 1. The van der Waals surface area contributed by atoms with Gasteiger partial charge in [-0.3, -0.25) is 4.79 Å². The molecule has 10 heteroatoms. The van der Waals surface area contributed by atoms with Crippen LogP contribution in [0.1, 0.15) is 37.4 Å². The van der Waals surface area contributed by atoms with Crippen LogP contribution in [0.5, 0.6) is 0 Å². The van der Waals surface area contributed by atoms with Crippen LogP contribution in [0.3, 0.4) is 0 Å². The third-order valence-electron chi connectivity index (χ3n) is 4.31. The molecule has 1 aliphatic rings. The van der Waals surface area contributed by atoms with Crippen LogP contribution in [0.2, 0.25) is 0 Å². The molecule has 28 heavy (non-hydrogen) atoms. The van der Waals surface area contributed by atoms with Crippen molar-refractivity contribution < 1.29 is 23.9 Å². The zero-order valence-corrected chi connectivity index (χ0v) is 17.6. The first-order chi connectivity index (χ1) is 13.4. The number of anilines is 1. The van der Waals surface area contributed by atoms with Crippen molar-refractivity contribution in [2.45, 2.75) is 33.7 Å². The third-order valence-corrected chi connectivity index (χ3v) is 5.35. The number of nitrogens with zero attached hydrogens (tertiary/aromatic N) is 3. The Hall–Kier alpha value is -2.36. The van der Waals surface area contributed by atoms with Gasteiger partial charge in [-0.25, -0.2) is 14.6 Å². The maximum Gasteiger partial charge on any atom is 0.407 e. The Morgan fingerprint density at radius 3 is 2.36 bits per heavy atom. The van der Waals surface area contributed by atoms with E-state index in [0.29, 0.717) is 37.7 Å². The predicted octanol–water partition coefficient (Wildman–Crippen LogP) is 1.74. The molecule has 0 bridgehead atoms. The van der Waals surface area contributed by atoms with Gasteiger partial charge in [-0.1, -0.05) is 25.2 Å². The zero-order valence-electron chi connectivity index (χ0n) is 16.8. The van der Waals surface area contributed by atoms with Gasteiger partial charge < -0.3 is 24.6 Å². The third kappa shape index (κ3) is 5.57. The van der Waals surface area contributed by atoms with Crippen LogP contribution in [0, 0.1) is 5.92 Å². The van der Waals surface area contributed by atoms with Crippen LogP contribution in [-0.2, 0) is 14.3 Å². The minimum Gasteiger partial charge on any atom is -0.462 e. The summed E-state index contributed by atoms with van der Waals surface area (Å²) in [5.41, 5.74) is 0. The number of carbonyl (C=O) groups excluding carboxylic acids is 3. The zero-order chi connectivity index (χ0) is 20.7. The van der Waals surface area contributed by atoms with Gasteiger partial charge >= 0.3 is 12.1 Å². The summed E-state index contributed by atoms with van der Waals surface area (Å²) in [4.78, 5) is 44.9. The second kappa shape index (κ2) is 10.3. The Morgan fingerprint density at radius 2 is 1.79 bits per heavy atom. The average molecular weight is 413 g/mol. The van der Waals surface area contributed by atoms with E-state index in [2.05, 4.69) is 10.3 Å². The summed E-state index contributed by atoms with van der Waals surface area (Å²) in [6, 6.07) is -0.624. The largest absolute Gasteiger partial charge is 0.462 e. The molecule has 0 unspecified atom stereocenters. The van der Waals surface area contributed by atoms with Crippen molar-refractivity contribution >= 4 is 34.4 Å². The van der Waals surface area contributed by atoms with E-state index in [4.69, 9.17) is 9.47 Å². The highest BCUT2D eigenvalue weighted by atomic mass is 32.1. The minimum atomic E-state index is -0.624. The molecule has 2 amide bonds. The monoisotopic (exact) mass is 412 g/mol. The van der Waals surface area contributed by atoms with Crippen LogP contribution in [0.15, 0.2) is 6.20 Å². The summed E-state index contributed by atoms with van der Waals surface area (Å²) < 4.78 is 9.89. The number of hydrogen-bond donors (Lipinski definition) is 1. The lowest BCUT2D eigenvalue weighted by Crippen LogP contribution is -2.56. The van der Waals surface area contributed by atoms with Gasteiger partial charge in [0.1, 0.15) is 10.9 Å². The molecular weight excluding hydrogens is 384 g/mol. The number of aromatic nitrogens is 1. The fourth-order valence-electron chi connectivity index (χ4n) is 2.84. The summed E-state index contributed by atoms with van der Waals surface area (Å²) in [5, 5.41) is 3.39. The van der Waals surface area contributed by atoms with Gasteiger partial charge in [-0.05, 0) is 19.8 Å². The average Bonchev–Trinajstić information content (AvgIpc) is 3.16. The number of esters is 1. The molecule has 1 fully saturated rings. The van der Waals surface area contributed by atoms with E-state index in [1.807, 2.05) is 18.7 Å². The van der Waals surface area contributed by atoms with Crippen LogP contribution in [-0.4, -0.2) is 73.3 Å². The number of amides is 2. The Kier molecular flexibility index (Phi) is 8.04. The molecule has 1 saturated heterocycles. The maximum absolute atomic E-state index is 12.9. The van der Waals surface area contributed by atoms with E-state index in [0.717, 1.165) is 5.13 Å². The van der Waals surface area contributed by atoms with E-state index in [-0.39, 0.29) is 24.4 Å². The van der Waals surface area contributed by atoms with Gasteiger partial charge in [-0.2, -0.15) is 0 Å². The highest BCUT2D eigenvalue weighted by Gasteiger charge is 2.31. The topological polar surface area (TPSA) is 101 Å². The lowest BCUT2D eigenvalue weighted by molar-refractivity contribution is -0.134. The van der Waals surface area contributed by atoms with E-state index in [1.165, 1.54) is 17.5 Å². The summed E-state index contributed by atoms with van der Waals surface area (Å²) in [6.07, 6.45) is 0.940. The molecule has 0 radical (unpaired) electrons. The van der Waals surface area contributed by atoms with Crippen molar-refractivity contribution in [1.29, 1.82) is 0 Å². The fraction of sp³-hybridized carbons (Fsp3) is 0.667. The van der Waals surface area contributed by atoms with Crippen LogP contribution in [0.4, 0.5) is 9.93 Å². The fourth-order valence-corrected chi connectivity index (χ4v) is 3.70. The number of nitrogens with one attached hydrogen (secondary N) is 1. The number of alkyl carbamates (subject to hydrolysis) is 1. The van der Waals surface area contributed by atoms with Crippen LogP contribution < -0.4 is 10.2 Å². The molecule has 9 nitrogen and oxygen atoms in total. The van der Waals surface area contributed by atoms with Crippen molar-refractivity contribution in [2.24, 2.45) is 5.92 Å². The van der Waals surface area contributed by atoms with Gasteiger partial charge in [0.2, 0.25) is 5.91 Å². The predicted molar refractivity (Wildman–Crippen MR) is 106 cm³/mol. The lowest BCUT2D eigenvalue weighted by atomic mass is 10.0. The SMILES string of the molecule is CCOC(=O)N[C@H](C(=O)N1CCN(c2ncc(C(=O)OCC)s2)CC1)C(C)C. The molecule has 1 atom stereocenters. The summed E-state index contributed by atoms with van der Waals surface area (Å²) in [7, 11) is 0. The molecule has 0 aromatic carbocycles. The van der Waals surface area contributed by atoms with Gasteiger partial charge in [0.15, 0.2) is 5.13 Å². The van der Waals surface area contributed by atoms with Crippen molar-refractivity contribution in [3.8, 4) is 0 Å². The molecule has 0 aliphatic carbocycles. The molecular formula is C18H28N4O5S. The first-order valence-corrected chi connectivity index (χ1v) is 10.3. The first-order valence-electron chi connectivity index (χ1n) is 9.47. The van der Waals surface area contributed by atoms with Crippen molar-refractivity contribution in [3.05, 3.63) is 11.1 Å². The van der Waals surface area contributed by atoms with E-state index < -0.39 is 12.1 Å². The molecule has 1 aromatic rings. The Morgan fingerprint density at radius 1 is 1.14 bits per heavy atom. The standard InChI is InChI=1S/C18H28N4O5S/c1-5-26-16(24)13-11-19-17(28-13)22-9-7-21(8-10-22)15(23)14(12(3)4)20-18(25)27-6-2/h11-12,14H,5-10H2,1-4H3,(H,20,25)/t14-/m0/s1. The molecule has 2 heterocycles. The number of carbonyl (C=O) groups is 3. The number of piperazine rings is 1. The van der Waals surface area contributed by atoms with E-state index in [1.54, 1.807) is 18.7 Å². The Balaban J connectivity index is 1.93.